The Morgan fingerprint density at radius 1 is 0.415 bits per heavy atom. The highest BCUT2D eigenvalue weighted by molar-refractivity contribution is 6.63. The van der Waals surface area contributed by atoms with E-state index < -0.39 is 7.12 Å². The summed E-state index contributed by atoms with van der Waals surface area (Å²) in [5.74, 6) is 0. The van der Waals surface area contributed by atoms with Crippen LogP contribution in [0.2, 0.25) is 0 Å². The van der Waals surface area contributed by atoms with E-state index in [9.17, 15) is 0 Å². The van der Waals surface area contributed by atoms with Gasteiger partial charge in [0.25, 0.3) is 0 Å². The summed E-state index contributed by atoms with van der Waals surface area (Å²) < 4.78 is 12.8. The average molecular weight is 532 g/mol. The van der Waals surface area contributed by atoms with Crippen molar-refractivity contribution in [1.82, 2.24) is 0 Å². The molecule has 0 N–H and O–H groups in total. The largest absolute Gasteiger partial charge is 0.495 e. The zero-order valence-electron chi connectivity index (χ0n) is 24.0. The van der Waals surface area contributed by atoms with Crippen molar-refractivity contribution in [3.05, 3.63) is 127 Å². The van der Waals surface area contributed by atoms with Crippen LogP contribution in [0, 0.1) is 0 Å². The summed E-state index contributed by atoms with van der Waals surface area (Å²) in [6.45, 7) is 8.39. The van der Waals surface area contributed by atoms with E-state index in [1.807, 2.05) is 0 Å². The molecule has 2 nitrogen and oxygen atoms in total. The van der Waals surface area contributed by atoms with Crippen molar-refractivity contribution in [2.24, 2.45) is 0 Å². The van der Waals surface area contributed by atoms with Gasteiger partial charge in [-0.05, 0) is 106 Å². The van der Waals surface area contributed by atoms with Gasteiger partial charge in [0.15, 0.2) is 0 Å². The molecule has 1 aliphatic rings. The Bertz CT molecular complexity index is 1900. The van der Waals surface area contributed by atoms with Gasteiger partial charge in [-0.15, -0.1) is 0 Å². The Labute approximate surface area is 242 Å². The van der Waals surface area contributed by atoms with Gasteiger partial charge in [-0.25, -0.2) is 0 Å². The first kappa shape index (κ1) is 25.8. The summed E-state index contributed by atoms with van der Waals surface area (Å²) in [5.41, 5.74) is 7.52. The molecule has 6 aromatic carbocycles. The molecule has 0 unspecified atom stereocenters. The van der Waals surface area contributed by atoms with Crippen LogP contribution in [0.3, 0.4) is 0 Å². The van der Waals surface area contributed by atoms with Crippen molar-refractivity contribution in [3.8, 4) is 33.4 Å². The lowest BCUT2D eigenvalue weighted by Crippen LogP contribution is -2.41. The first-order valence-corrected chi connectivity index (χ1v) is 14.4. The summed E-state index contributed by atoms with van der Waals surface area (Å²) in [4.78, 5) is 0. The quantitative estimate of drug-likeness (QED) is 0.211. The SMILES string of the molecule is CC1(C)OB(c2ccccc2-c2ccc3cc(-c4ccccc4-c4ccc5ccccc5c4)ccc3c2)OC1(C)C. The van der Waals surface area contributed by atoms with E-state index in [4.69, 9.17) is 9.31 Å². The highest BCUT2D eigenvalue weighted by atomic mass is 16.7. The van der Waals surface area contributed by atoms with Crippen LogP contribution in [0.4, 0.5) is 0 Å². The smallest absolute Gasteiger partial charge is 0.399 e. The molecular weight excluding hydrogens is 499 g/mol. The molecule has 200 valence electrons. The summed E-state index contributed by atoms with van der Waals surface area (Å²) in [7, 11) is -0.402. The molecule has 41 heavy (non-hydrogen) atoms. The number of fused-ring (bicyclic) bond motifs is 2. The zero-order chi connectivity index (χ0) is 28.2. The number of hydrogen-bond donors (Lipinski definition) is 0. The second-order valence-electron chi connectivity index (χ2n) is 12.1. The molecule has 1 fully saturated rings. The van der Waals surface area contributed by atoms with E-state index in [1.54, 1.807) is 0 Å². The Kier molecular flexibility index (Phi) is 6.12. The Hall–Kier alpha value is -4.18. The van der Waals surface area contributed by atoms with E-state index in [0.29, 0.717) is 0 Å². The third-order valence-corrected chi connectivity index (χ3v) is 8.92. The zero-order valence-corrected chi connectivity index (χ0v) is 24.0. The number of benzene rings is 6. The molecular formula is C38H33BO2. The molecule has 1 heterocycles. The van der Waals surface area contributed by atoms with Gasteiger partial charge < -0.3 is 9.31 Å². The van der Waals surface area contributed by atoms with Crippen molar-refractivity contribution in [3.63, 3.8) is 0 Å². The van der Waals surface area contributed by atoms with E-state index in [0.717, 1.165) is 16.6 Å². The summed E-state index contributed by atoms with van der Waals surface area (Å²) in [5, 5.41) is 4.94. The van der Waals surface area contributed by atoms with Crippen LogP contribution in [0.1, 0.15) is 27.7 Å². The molecule has 0 radical (unpaired) electrons. The van der Waals surface area contributed by atoms with Crippen LogP contribution in [-0.2, 0) is 9.31 Å². The van der Waals surface area contributed by atoms with Crippen LogP contribution in [0.15, 0.2) is 127 Å². The fourth-order valence-corrected chi connectivity index (χ4v) is 5.86. The highest BCUT2D eigenvalue weighted by Gasteiger charge is 2.52. The molecule has 0 spiro atoms. The van der Waals surface area contributed by atoms with Gasteiger partial charge in [-0.1, -0.05) is 109 Å². The fraction of sp³-hybridized carbons (Fsp3) is 0.158. The molecule has 1 aliphatic heterocycles. The van der Waals surface area contributed by atoms with Gasteiger partial charge in [0.1, 0.15) is 0 Å². The maximum atomic E-state index is 6.41. The summed E-state index contributed by atoms with van der Waals surface area (Å²) in [6.07, 6.45) is 0. The van der Waals surface area contributed by atoms with Crippen LogP contribution in [0.5, 0.6) is 0 Å². The predicted octanol–water partition coefficient (Wildman–Crippen LogP) is 9.29. The normalized spacial score (nSPS) is 16.0. The lowest BCUT2D eigenvalue weighted by molar-refractivity contribution is 0.00578. The van der Waals surface area contributed by atoms with Crippen LogP contribution in [0.25, 0.3) is 54.9 Å². The van der Waals surface area contributed by atoms with Crippen molar-refractivity contribution in [1.29, 1.82) is 0 Å². The van der Waals surface area contributed by atoms with Crippen LogP contribution >= 0.6 is 0 Å². The van der Waals surface area contributed by atoms with Gasteiger partial charge in [-0.2, -0.15) is 0 Å². The summed E-state index contributed by atoms with van der Waals surface area (Å²) in [6, 6.07) is 45.9. The maximum absolute atomic E-state index is 6.41. The minimum atomic E-state index is -0.402. The average Bonchev–Trinajstić information content (AvgIpc) is 3.22. The Morgan fingerprint density at radius 3 is 1.37 bits per heavy atom. The van der Waals surface area contributed by atoms with E-state index in [-0.39, 0.29) is 11.2 Å². The molecule has 0 saturated carbocycles. The highest BCUT2D eigenvalue weighted by Crippen LogP contribution is 2.38. The fourth-order valence-electron chi connectivity index (χ4n) is 5.86. The minimum absolute atomic E-state index is 0.381. The monoisotopic (exact) mass is 532 g/mol. The molecule has 0 bridgehead atoms. The van der Waals surface area contributed by atoms with Gasteiger partial charge >= 0.3 is 7.12 Å². The minimum Gasteiger partial charge on any atom is -0.399 e. The second kappa shape index (κ2) is 9.73. The molecule has 3 heteroatoms. The van der Waals surface area contributed by atoms with E-state index in [1.165, 1.54) is 43.8 Å². The van der Waals surface area contributed by atoms with Gasteiger partial charge in [0, 0.05) is 0 Å². The lowest BCUT2D eigenvalue weighted by atomic mass is 9.74. The van der Waals surface area contributed by atoms with Crippen molar-refractivity contribution in [2.45, 2.75) is 38.9 Å². The molecule has 0 aliphatic carbocycles. The lowest BCUT2D eigenvalue weighted by Gasteiger charge is -2.32. The van der Waals surface area contributed by atoms with Crippen molar-refractivity contribution >= 4 is 34.1 Å². The third-order valence-electron chi connectivity index (χ3n) is 8.92. The Morgan fingerprint density at radius 2 is 0.805 bits per heavy atom. The molecule has 0 atom stereocenters. The van der Waals surface area contributed by atoms with E-state index in [2.05, 4.69) is 155 Å². The molecule has 6 aromatic rings. The van der Waals surface area contributed by atoms with Crippen LogP contribution < -0.4 is 5.46 Å². The molecule has 0 aromatic heterocycles. The molecule has 7 rings (SSSR count). The first-order chi connectivity index (χ1) is 19.8. The predicted molar refractivity (Wildman–Crippen MR) is 173 cm³/mol. The standard InChI is InChI=1S/C38H33BO2/c1-37(2)38(3,4)41-39(40-37)36-16-10-9-15-35(36)32-22-19-28-24-31(21-18-29(28)25-32)34-14-8-7-13-33(34)30-20-17-26-11-5-6-12-27(26)23-30/h5-25H,1-4H3. The topological polar surface area (TPSA) is 18.5 Å². The second-order valence-corrected chi connectivity index (χ2v) is 12.1. The molecule has 1 saturated heterocycles. The van der Waals surface area contributed by atoms with Gasteiger partial charge in [0.05, 0.1) is 11.2 Å². The molecule has 0 amide bonds. The van der Waals surface area contributed by atoms with Crippen molar-refractivity contribution < 1.29 is 9.31 Å². The van der Waals surface area contributed by atoms with Crippen molar-refractivity contribution in [2.75, 3.05) is 0 Å². The summed E-state index contributed by atoms with van der Waals surface area (Å²) >= 11 is 0. The third kappa shape index (κ3) is 4.56. The number of rotatable bonds is 4. The van der Waals surface area contributed by atoms with Crippen LogP contribution in [-0.4, -0.2) is 18.3 Å². The van der Waals surface area contributed by atoms with Gasteiger partial charge in [-0.3, -0.25) is 0 Å². The maximum Gasteiger partial charge on any atom is 0.495 e. The van der Waals surface area contributed by atoms with Gasteiger partial charge in [0.2, 0.25) is 0 Å². The Balaban J connectivity index is 1.26. The number of hydrogen-bond acceptors (Lipinski definition) is 2. The van der Waals surface area contributed by atoms with E-state index >= 15 is 0 Å². The first-order valence-electron chi connectivity index (χ1n) is 14.4.